The molecule has 0 saturated carbocycles. The van der Waals surface area contributed by atoms with Gasteiger partial charge in [-0.2, -0.15) is 0 Å². The molecule has 1 saturated heterocycles. The highest BCUT2D eigenvalue weighted by molar-refractivity contribution is 9.10. The molecule has 1 aromatic rings. The second-order valence-corrected chi connectivity index (χ2v) is 6.30. The van der Waals surface area contributed by atoms with E-state index < -0.39 is 0 Å². The van der Waals surface area contributed by atoms with Crippen molar-refractivity contribution in [3.63, 3.8) is 0 Å². The second kappa shape index (κ2) is 8.67. The van der Waals surface area contributed by atoms with Gasteiger partial charge in [-0.3, -0.25) is 14.4 Å². The van der Waals surface area contributed by atoms with Crippen LogP contribution in [0.1, 0.15) is 29.6 Å². The molecule has 2 N–H and O–H groups in total. The second-order valence-electron chi connectivity index (χ2n) is 5.38. The Morgan fingerprint density at radius 3 is 2.57 bits per heavy atom. The number of amides is 3. The largest absolute Gasteiger partial charge is 0.354 e. The number of hydrogen-bond donors (Lipinski definition) is 2. The zero-order chi connectivity index (χ0) is 16.7. The van der Waals surface area contributed by atoms with E-state index in [1.54, 1.807) is 18.2 Å². The molecule has 0 aromatic heterocycles. The number of carbonyl (C=O) groups excluding carboxylic acids is 3. The fraction of sp³-hybridized carbons (Fsp3) is 0.438. The van der Waals surface area contributed by atoms with E-state index in [1.807, 2.05) is 11.0 Å². The van der Waals surface area contributed by atoms with Crippen molar-refractivity contribution in [2.75, 3.05) is 26.2 Å². The SMILES string of the molecule is O=C(CNC(=O)c1cccc(Br)c1)NCCC(=O)N1CCCC1. The number of nitrogens with one attached hydrogen (secondary N) is 2. The normalized spacial score (nSPS) is 13.7. The number of likely N-dealkylation sites (tertiary alicyclic amines) is 1. The predicted octanol–water partition coefficient (Wildman–Crippen LogP) is 1.31. The number of benzene rings is 1. The van der Waals surface area contributed by atoms with Crippen molar-refractivity contribution in [1.29, 1.82) is 0 Å². The first-order chi connectivity index (χ1) is 11.1. The maximum absolute atomic E-state index is 11.9. The molecular formula is C16H20BrN3O3. The van der Waals surface area contributed by atoms with E-state index in [0.717, 1.165) is 30.4 Å². The van der Waals surface area contributed by atoms with Crippen molar-refractivity contribution in [3.8, 4) is 0 Å². The molecule has 2 rings (SSSR count). The molecule has 0 aliphatic carbocycles. The Morgan fingerprint density at radius 2 is 1.87 bits per heavy atom. The van der Waals surface area contributed by atoms with Gasteiger partial charge < -0.3 is 15.5 Å². The highest BCUT2D eigenvalue weighted by Crippen LogP contribution is 2.11. The van der Waals surface area contributed by atoms with E-state index in [-0.39, 0.29) is 24.3 Å². The summed E-state index contributed by atoms with van der Waals surface area (Å²) in [6.07, 6.45) is 2.41. The smallest absolute Gasteiger partial charge is 0.251 e. The minimum atomic E-state index is -0.311. The predicted molar refractivity (Wildman–Crippen MR) is 89.9 cm³/mol. The quantitative estimate of drug-likeness (QED) is 0.779. The molecule has 124 valence electrons. The molecule has 0 radical (unpaired) electrons. The average Bonchev–Trinajstić information content (AvgIpc) is 3.07. The lowest BCUT2D eigenvalue weighted by Crippen LogP contribution is -2.38. The summed E-state index contributed by atoms with van der Waals surface area (Å²) in [6, 6.07) is 6.93. The van der Waals surface area contributed by atoms with Crippen molar-refractivity contribution in [2.24, 2.45) is 0 Å². The van der Waals surface area contributed by atoms with Crippen LogP contribution in [0.3, 0.4) is 0 Å². The molecule has 1 heterocycles. The van der Waals surface area contributed by atoms with Crippen LogP contribution in [-0.2, 0) is 9.59 Å². The first kappa shape index (κ1) is 17.5. The Labute approximate surface area is 143 Å². The minimum absolute atomic E-state index is 0.0703. The van der Waals surface area contributed by atoms with Gasteiger partial charge >= 0.3 is 0 Å². The Morgan fingerprint density at radius 1 is 1.13 bits per heavy atom. The fourth-order valence-corrected chi connectivity index (χ4v) is 2.79. The van der Waals surface area contributed by atoms with Crippen LogP contribution in [-0.4, -0.2) is 48.8 Å². The van der Waals surface area contributed by atoms with Gasteiger partial charge in [0.05, 0.1) is 6.54 Å². The first-order valence-electron chi connectivity index (χ1n) is 7.64. The summed E-state index contributed by atoms with van der Waals surface area (Å²) in [5.74, 6) is -0.543. The maximum Gasteiger partial charge on any atom is 0.251 e. The number of halogens is 1. The number of nitrogens with zero attached hydrogens (tertiary/aromatic N) is 1. The molecule has 3 amide bonds. The van der Waals surface area contributed by atoms with Crippen molar-refractivity contribution < 1.29 is 14.4 Å². The molecule has 7 heteroatoms. The van der Waals surface area contributed by atoms with Crippen molar-refractivity contribution in [1.82, 2.24) is 15.5 Å². The summed E-state index contributed by atoms with van der Waals surface area (Å²) in [5.41, 5.74) is 0.483. The van der Waals surface area contributed by atoms with Gasteiger partial charge in [-0.1, -0.05) is 22.0 Å². The van der Waals surface area contributed by atoms with E-state index in [4.69, 9.17) is 0 Å². The standard InChI is InChI=1S/C16H20BrN3O3/c17-13-5-3-4-12(10-13)16(23)19-11-14(21)18-7-6-15(22)20-8-1-2-9-20/h3-5,10H,1-2,6-9,11H2,(H,18,21)(H,19,23). The summed E-state index contributed by atoms with van der Waals surface area (Å²) in [7, 11) is 0. The molecule has 0 unspecified atom stereocenters. The van der Waals surface area contributed by atoms with Gasteiger partial charge in [-0.15, -0.1) is 0 Å². The lowest BCUT2D eigenvalue weighted by atomic mass is 10.2. The number of carbonyl (C=O) groups is 3. The summed E-state index contributed by atoms with van der Waals surface area (Å²) in [5, 5.41) is 5.20. The molecule has 23 heavy (non-hydrogen) atoms. The van der Waals surface area contributed by atoms with E-state index in [2.05, 4.69) is 26.6 Å². The Balaban J connectivity index is 1.65. The van der Waals surface area contributed by atoms with Gasteiger partial charge in [0.15, 0.2) is 0 Å². The molecule has 1 aliphatic heterocycles. The molecule has 1 aromatic carbocycles. The third-order valence-corrected chi connectivity index (χ3v) is 4.11. The van der Waals surface area contributed by atoms with Crippen LogP contribution in [0, 0.1) is 0 Å². The Kier molecular flexibility index (Phi) is 6.58. The minimum Gasteiger partial charge on any atom is -0.354 e. The first-order valence-corrected chi connectivity index (χ1v) is 8.44. The van der Waals surface area contributed by atoms with Crippen molar-refractivity contribution in [3.05, 3.63) is 34.3 Å². The van der Waals surface area contributed by atoms with Crippen LogP contribution in [0.15, 0.2) is 28.7 Å². The molecule has 0 bridgehead atoms. The maximum atomic E-state index is 11.9. The van der Waals surface area contributed by atoms with Crippen LogP contribution in [0.25, 0.3) is 0 Å². The van der Waals surface area contributed by atoms with E-state index in [0.29, 0.717) is 18.5 Å². The molecule has 1 fully saturated rings. The van der Waals surface area contributed by atoms with Gasteiger partial charge in [0.25, 0.3) is 5.91 Å². The van der Waals surface area contributed by atoms with Crippen LogP contribution in [0.5, 0.6) is 0 Å². The van der Waals surface area contributed by atoms with Gasteiger partial charge in [0.2, 0.25) is 11.8 Å². The van der Waals surface area contributed by atoms with E-state index in [1.165, 1.54) is 0 Å². The topological polar surface area (TPSA) is 78.5 Å². The van der Waals surface area contributed by atoms with Gasteiger partial charge in [-0.05, 0) is 31.0 Å². The summed E-state index contributed by atoms with van der Waals surface area (Å²) < 4.78 is 0.801. The van der Waals surface area contributed by atoms with Crippen LogP contribution in [0.4, 0.5) is 0 Å². The van der Waals surface area contributed by atoms with Gasteiger partial charge in [-0.25, -0.2) is 0 Å². The van der Waals surface area contributed by atoms with Crippen LogP contribution in [0.2, 0.25) is 0 Å². The number of hydrogen-bond acceptors (Lipinski definition) is 3. The van der Waals surface area contributed by atoms with Gasteiger partial charge in [0, 0.05) is 36.1 Å². The zero-order valence-corrected chi connectivity index (χ0v) is 14.4. The molecule has 6 nitrogen and oxygen atoms in total. The zero-order valence-electron chi connectivity index (χ0n) is 12.8. The third-order valence-electron chi connectivity index (χ3n) is 3.62. The summed E-state index contributed by atoms with van der Waals surface area (Å²) >= 11 is 3.29. The molecular weight excluding hydrogens is 362 g/mol. The lowest BCUT2D eigenvalue weighted by molar-refractivity contribution is -0.130. The number of rotatable bonds is 6. The molecule has 0 spiro atoms. The van der Waals surface area contributed by atoms with E-state index >= 15 is 0 Å². The summed E-state index contributed by atoms with van der Waals surface area (Å²) in [4.78, 5) is 37.2. The van der Waals surface area contributed by atoms with Crippen molar-refractivity contribution >= 4 is 33.7 Å². The fourth-order valence-electron chi connectivity index (χ4n) is 2.39. The van der Waals surface area contributed by atoms with Crippen LogP contribution < -0.4 is 10.6 Å². The highest BCUT2D eigenvalue weighted by Gasteiger charge is 2.17. The van der Waals surface area contributed by atoms with Crippen LogP contribution >= 0.6 is 15.9 Å². The van der Waals surface area contributed by atoms with Crippen molar-refractivity contribution in [2.45, 2.75) is 19.3 Å². The third kappa shape index (κ3) is 5.67. The monoisotopic (exact) mass is 381 g/mol. The van der Waals surface area contributed by atoms with Gasteiger partial charge in [0.1, 0.15) is 0 Å². The summed E-state index contributed by atoms with van der Waals surface area (Å²) in [6.45, 7) is 1.81. The highest BCUT2D eigenvalue weighted by atomic mass is 79.9. The molecule has 1 aliphatic rings. The Hall–Kier alpha value is -1.89. The molecule has 0 atom stereocenters. The lowest BCUT2D eigenvalue weighted by Gasteiger charge is -2.15. The average molecular weight is 382 g/mol. The van der Waals surface area contributed by atoms with E-state index in [9.17, 15) is 14.4 Å². The Bertz CT molecular complexity index is 586.